The summed E-state index contributed by atoms with van der Waals surface area (Å²) >= 11 is 0. The lowest BCUT2D eigenvalue weighted by Gasteiger charge is -2.12. The molecule has 1 aromatic rings. The summed E-state index contributed by atoms with van der Waals surface area (Å²) in [6.45, 7) is 6.63. The SMILES string of the molecule is CCC(N)Cc1ccc(OCC(C)C)c(F)c1. The van der Waals surface area contributed by atoms with Crippen LogP contribution in [0.15, 0.2) is 18.2 Å². The zero-order valence-electron chi connectivity index (χ0n) is 10.9. The van der Waals surface area contributed by atoms with E-state index in [0.717, 1.165) is 12.0 Å². The number of hydrogen-bond donors (Lipinski definition) is 1. The highest BCUT2D eigenvalue weighted by Crippen LogP contribution is 2.20. The third-order valence-corrected chi connectivity index (χ3v) is 2.59. The summed E-state index contributed by atoms with van der Waals surface area (Å²) in [5.74, 6) is 0.418. The molecule has 0 fully saturated rings. The second-order valence-electron chi connectivity index (χ2n) is 4.84. The van der Waals surface area contributed by atoms with E-state index in [9.17, 15) is 4.39 Å². The molecule has 0 saturated carbocycles. The normalized spacial score (nSPS) is 12.8. The smallest absolute Gasteiger partial charge is 0.165 e. The zero-order chi connectivity index (χ0) is 12.8. The topological polar surface area (TPSA) is 35.2 Å². The Morgan fingerprint density at radius 1 is 1.35 bits per heavy atom. The lowest BCUT2D eigenvalue weighted by molar-refractivity contribution is 0.259. The molecule has 0 radical (unpaired) electrons. The Hall–Kier alpha value is -1.09. The van der Waals surface area contributed by atoms with Crippen LogP contribution in [0.1, 0.15) is 32.8 Å². The first kappa shape index (κ1) is 14.0. The Kier molecular flexibility index (Phi) is 5.42. The number of halogens is 1. The fraction of sp³-hybridized carbons (Fsp3) is 0.571. The minimum Gasteiger partial charge on any atom is -0.490 e. The molecule has 1 atom stereocenters. The van der Waals surface area contributed by atoms with Crippen molar-refractivity contribution in [3.05, 3.63) is 29.6 Å². The third kappa shape index (κ3) is 4.73. The molecule has 0 spiro atoms. The van der Waals surface area contributed by atoms with Crippen LogP contribution < -0.4 is 10.5 Å². The van der Waals surface area contributed by atoms with Gasteiger partial charge >= 0.3 is 0 Å². The number of rotatable bonds is 6. The van der Waals surface area contributed by atoms with Gasteiger partial charge in [-0.1, -0.05) is 26.8 Å². The number of benzene rings is 1. The van der Waals surface area contributed by atoms with Gasteiger partial charge in [0, 0.05) is 6.04 Å². The molecule has 0 heterocycles. The summed E-state index contributed by atoms with van der Waals surface area (Å²) in [7, 11) is 0. The highest BCUT2D eigenvalue weighted by molar-refractivity contribution is 5.29. The van der Waals surface area contributed by atoms with E-state index in [1.54, 1.807) is 6.07 Å². The van der Waals surface area contributed by atoms with E-state index in [-0.39, 0.29) is 11.9 Å². The van der Waals surface area contributed by atoms with Crippen LogP contribution in [-0.4, -0.2) is 12.6 Å². The maximum absolute atomic E-state index is 13.7. The molecular weight excluding hydrogens is 217 g/mol. The van der Waals surface area contributed by atoms with Crippen LogP contribution in [0.2, 0.25) is 0 Å². The van der Waals surface area contributed by atoms with E-state index in [2.05, 4.69) is 0 Å². The Labute approximate surface area is 103 Å². The van der Waals surface area contributed by atoms with Crippen molar-refractivity contribution in [2.24, 2.45) is 11.7 Å². The summed E-state index contributed by atoms with van der Waals surface area (Å²) < 4.78 is 19.1. The molecule has 1 aromatic carbocycles. The van der Waals surface area contributed by atoms with Gasteiger partial charge in [0.2, 0.25) is 0 Å². The van der Waals surface area contributed by atoms with E-state index >= 15 is 0 Å². The van der Waals surface area contributed by atoms with Gasteiger partial charge in [0.1, 0.15) is 0 Å². The van der Waals surface area contributed by atoms with Gasteiger partial charge in [0.15, 0.2) is 11.6 Å². The molecule has 0 bridgehead atoms. The molecule has 1 unspecified atom stereocenters. The Morgan fingerprint density at radius 3 is 2.59 bits per heavy atom. The van der Waals surface area contributed by atoms with Crippen LogP contribution in [-0.2, 0) is 6.42 Å². The van der Waals surface area contributed by atoms with Crippen LogP contribution in [0, 0.1) is 11.7 Å². The van der Waals surface area contributed by atoms with Crippen LogP contribution in [0.25, 0.3) is 0 Å². The maximum Gasteiger partial charge on any atom is 0.165 e. The molecular formula is C14H22FNO. The van der Waals surface area contributed by atoms with E-state index in [1.807, 2.05) is 26.8 Å². The van der Waals surface area contributed by atoms with E-state index < -0.39 is 0 Å². The van der Waals surface area contributed by atoms with Crippen molar-refractivity contribution in [1.29, 1.82) is 0 Å². The fourth-order valence-corrected chi connectivity index (χ4v) is 1.49. The summed E-state index contributed by atoms with van der Waals surface area (Å²) in [6.07, 6.45) is 1.60. The number of ether oxygens (including phenoxy) is 1. The molecule has 0 amide bonds. The molecule has 0 aliphatic heterocycles. The van der Waals surface area contributed by atoms with E-state index in [1.165, 1.54) is 6.07 Å². The summed E-state index contributed by atoms with van der Waals surface area (Å²) in [4.78, 5) is 0. The minimum atomic E-state index is -0.300. The fourth-order valence-electron chi connectivity index (χ4n) is 1.49. The Bertz CT molecular complexity index is 352. The molecule has 0 aliphatic rings. The first-order chi connectivity index (χ1) is 8.02. The zero-order valence-corrected chi connectivity index (χ0v) is 10.9. The molecule has 0 aromatic heterocycles. The van der Waals surface area contributed by atoms with Gasteiger partial charge in [0.25, 0.3) is 0 Å². The lowest BCUT2D eigenvalue weighted by Crippen LogP contribution is -2.21. The van der Waals surface area contributed by atoms with Gasteiger partial charge in [0.05, 0.1) is 6.61 Å². The van der Waals surface area contributed by atoms with Crippen molar-refractivity contribution in [2.75, 3.05) is 6.61 Å². The highest BCUT2D eigenvalue weighted by atomic mass is 19.1. The van der Waals surface area contributed by atoms with Crippen molar-refractivity contribution in [2.45, 2.75) is 39.7 Å². The standard InChI is InChI=1S/C14H22FNO/c1-4-12(16)7-11-5-6-14(13(15)8-11)17-9-10(2)3/h5-6,8,10,12H,4,7,9,16H2,1-3H3. The van der Waals surface area contributed by atoms with E-state index in [0.29, 0.717) is 24.7 Å². The van der Waals surface area contributed by atoms with Gasteiger partial charge in [-0.2, -0.15) is 0 Å². The average Bonchev–Trinajstić information content (AvgIpc) is 2.27. The van der Waals surface area contributed by atoms with Crippen LogP contribution in [0.4, 0.5) is 4.39 Å². The van der Waals surface area contributed by atoms with Crippen LogP contribution in [0.5, 0.6) is 5.75 Å². The number of hydrogen-bond acceptors (Lipinski definition) is 2. The first-order valence-electron chi connectivity index (χ1n) is 6.19. The van der Waals surface area contributed by atoms with Crippen molar-refractivity contribution in [1.82, 2.24) is 0 Å². The predicted molar refractivity (Wildman–Crippen MR) is 68.7 cm³/mol. The second kappa shape index (κ2) is 6.60. The molecule has 17 heavy (non-hydrogen) atoms. The Balaban J connectivity index is 2.65. The van der Waals surface area contributed by atoms with Gasteiger partial charge in [-0.15, -0.1) is 0 Å². The lowest BCUT2D eigenvalue weighted by atomic mass is 10.0. The second-order valence-corrected chi connectivity index (χ2v) is 4.84. The van der Waals surface area contributed by atoms with Gasteiger partial charge in [-0.05, 0) is 36.5 Å². The highest BCUT2D eigenvalue weighted by Gasteiger charge is 2.08. The van der Waals surface area contributed by atoms with Crippen molar-refractivity contribution < 1.29 is 9.13 Å². The molecule has 1 rings (SSSR count). The van der Waals surface area contributed by atoms with Gasteiger partial charge in [-0.25, -0.2) is 4.39 Å². The largest absolute Gasteiger partial charge is 0.490 e. The van der Waals surface area contributed by atoms with E-state index in [4.69, 9.17) is 10.5 Å². The van der Waals surface area contributed by atoms with Gasteiger partial charge < -0.3 is 10.5 Å². The monoisotopic (exact) mass is 239 g/mol. The molecule has 0 aliphatic carbocycles. The maximum atomic E-state index is 13.7. The first-order valence-corrected chi connectivity index (χ1v) is 6.19. The predicted octanol–water partition coefficient (Wildman–Crippen LogP) is 3.14. The Morgan fingerprint density at radius 2 is 2.06 bits per heavy atom. The quantitative estimate of drug-likeness (QED) is 0.827. The summed E-state index contributed by atoms with van der Waals surface area (Å²) in [5.41, 5.74) is 6.76. The molecule has 2 N–H and O–H groups in total. The average molecular weight is 239 g/mol. The molecule has 0 saturated heterocycles. The summed E-state index contributed by atoms with van der Waals surface area (Å²) in [6, 6.07) is 5.19. The van der Waals surface area contributed by atoms with Crippen molar-refractivity contribution in [3.63, 3.8) is 0 Å². The minimum absolute atomic E-state index is 0.0943. The van der Waals surface area contributed by atoms with Crippen LogP contribution in [0.3, 0.4) is 0 Å². The van der Waals surface area contributed by atoms with Crippen molar-refractivity contribution >= 4 is 0 Å². The molecule has 3 heteroatoms. The molecule has 2 nitrogen and oxygen atoms in total. The third-order valence-electron chi connectivity index (χ3n) is 2.59. The van der Waals surface area contributed by atoms with Crippen LogP contribution >= 0.6 is 0 Å². The van der Waals surface area contributed by atoms with Gasteiger partial charge in [-0.3, -0.25) is 0 Å². The molecule has 96 valence electrons. The number of nitrogens with two attached hydrogens (primary N) is 1. The summed E-state index contributed by atoms with van der Waals surface area (Å²) in [5, 5.41) is 0. The van der Waals surface area contributed by atoms with Crippen molar-refractivity contribution in [3.8, 4) is 5.75 Å².